The van der Waals surface area contributed by atoms with Crippen LogP contribution in [0.25, 0.3) is 10.8 Å². The van der Waals surface area contributed by atoms with Crippen molar-refractivity contribution in [3.05, 3.63) is 77.3 Å². The van der Waals surface area contributed by atoms with Crippen molar-refractivity contribution in [3.8, 4) is 0 Å². The highest BCUT2D eigenvalue weighted by molar-refractivity contribution is 7.89. The minimum Gasteiger partial charge on any atom is -0.465 e. The largest absolute Gasteiger partial charge is 0.465 e. The molecule has 226 valence electrons. The van der Waals surface area contributed by atoms with Crippen molar-refractivity contribution in [3.63, 3.8) is 0 Å². The number of methoxy groups -OCH3 is 1. The summed E-state index contributed by atoms with van der Waals surface area (Å²) >= 11 is 6.13. The molecule has 0 radical (unpaired) electrons. The van der Waals surface area contributed by atoms with Crippen LogP contribution < -0.4 is 10.6 Å². The van der Waals surface area contributed by atoms with Gasteiger partial charge in [-0.2, -0.15) is 4.31 Å². The number of carbonyl (C=O) groups is 1. The fourth-order valence-electron chi connectivity index (χ4n) is 6.07. The van der Waals surface area contributed by atoms with Gasteiger partial charge in [0, 0.05) is 50.4 Å². The molecule has 2 heterocycles. The van der Waals surface area contributed by atoms with E-state index in [1.54, 1.807) is 50.4 Å². The number of fused-ring (bicyclic) bond motifs is 1. The van der Waals surface area contributed by atoms with Gasteiger partial charge >= 0.3 is 5.97 Å². The van der Waals surface area contributed by atoms with Crippen LogP contribution in [0.3, 0.4) is 0 Å². The minimum atomic E-state index is -4.09. The van der Waals surface area contributed by atoms with Crippen molar-refractivity contribution in [2.45, 2.75) is 42.4 Å². The first-order valence-electron chi connectivity index (χ1n) is 14.3. The Kier molecular flexibility index (Phi) is 9.53. The molecule has 3 aromatic carbocycles. The zero-order valence-electron chi connectivity index (χ0n) is 24.1. The predicted octanol–water partition coefficient (Wildman–Crippen LogP) is 3.62. The van der Waals surface area contributed by atoms with Crippen LogP contribution in [0.5, 0.6) is 0 Å². The van der Waals surface area contributed by atoms with Gasteiger partial charge < -0.3 is 9.47 Å². The second-order valence-electron chi connectivity index (χ2n) is 11.3. The molecule has 2 aliphatic heterocycles. The number of nitrogens with zero attached hydrogens (tertiary/aromatic N) is 2. The van der Waals surface area contributed by atoms with Gasteiger partial charge in [-0.25, -0.2) is 8.42 Å². The molecule has 1 spiro atoms. The van der Waals surface area contributed by atoms with Gasteiger partial charge in [0.05, 0.1) is 18.1 Å². The number of carbonyl (C=O) groups excluding carboxylic acids is 1. The smallest absolute Gasteiger partial charge is 0.321 e. The summed E-state index contributed by atoms with van der Waals surface area (Å²) in [7, 11) is -2.50. The number of esters is 1. The van der Waals surface area contributed by atoms with Gasteiger partial charge in [0.2, 0.25) is 10.0 Å². The van der Waals surface area contributed by atoms with Crippen molar-refractivity contribution in [1.29, 1.82) is 0 Å². The average Bonchev–Trinajstić information content (AvgIpc) is 3.32. The van der Waals surface area contributed by atoms with Crippen molar-refractivity contribution in [2.75, 3.05) is 53.0 Å². The van der Waals surface area contributed by atoms with Crippen LogP contribution in [0.4, 0.5) is 0 Å². The number of hydrogen-bond donors (Lipinski definition) is 2. The molecule has 0 amide bonds. The lowest BCUT2D eigenvalue weighted by molar-refractivity contribution is -0.143. The number of benzene rings is 3. The van der Waals surface area contributed by atoms with Gasteiger partial charge in [-0.1, -0.05) is 54.1 Å². The van der Waals surface area contributed by atoms with E-state index in [0.717, 1.165) is 43.2 Å². The number of hydrogen-bond acceptors (Lipinski definition) is 8. The maximum atomic E-state index is 14.1. The Balaban J connectivity index is 1.37. The summed E-state index contributed by atoms with van der Waals surface area (Å²) < 4.78 is 40.2. The third kappa shape index (κ3) is 6.97. The Hall–Kier alpha value is -2.57. The van der Waals surface area contributed by atoms with Crippen LogP contribution in [-0.2, 0) is 30.8 Å². The zero-order chi connectivity index (χ0) is 29.8. The molecule has 11 heteroatoms. The number of ether oxygens (including phenoxy) is 2. The van der Waals surface area contributed by atoms with Crippen molar-refractivity contribution < 1.29 is 22.7 Å². The van der Waals surface area contributed by atoms with Gasteiger partial charge in [-0.3, -0.25) is 20.3 Å². The Morgan fingerprint density at radius 1 is 1.05 bits per heavy atom. The molecule has 42 heavy (non-hydrogen) atoms. The Labute approximate surface area is 253 Å². The number of nitrogens with one attached hydrogen (secondary N) is 2. The lowest BCUT2D eigenvalue weighted by Gasteiger charge is -2.42. The monoisotopic (exact) mass is 614 g/mol. The lowest BCUT2D eigenvalue weighted by atomic mass is 9.88. The van der Waals surface area contributed by atoms with Crippen LogP contribution in [0.2, 0.25) is 5.02 Å². The second-order valence-corrected chi connectivity index (χ2v) is 13.6. The highest BCUT2D eigenvalue weighted by Crippen LogP contribution is 2.32. The number of sulfonamides is 1. The summed E-state index contributed by atoms with van der Waals surface area (Å²) in [5.41, 5.74) is 0.185. The van der Waals surface area contributed by atoms with Crippen LogP contribution in [-0.4, -0.2) is 87.8 Å². The standard InChI is InChI=1S/C31H39ClN4O5S/c1-3-41-29(37)20-36(42(38,39)28-12-10-25-17-27(32)11-9-26(25)18-28)22-31(23-40-2)33-21-30(34-31)13-15-35(16-14-30)19-24-7-5-4-6-8-24/h4-12,17-18,33-34H,3,13-16,19-23H2,1-2H3. The third-order valence-corrected chi connectivity index (χ3v) is 10.2. The Morgan fingerprint density at radius 3 is 2.48 bits per heavy atom. The summed E-state index contributed by atoms with van der Waals surface area (Å²) in [5.74, 6) is -0.608. The molecule has 1 unspecified atom stereocenters. The maximum absolute atomic E-state index is 14.1. The summed E-state index contributed by atoms with van der Waals surface area (Å²) in [6.07, 6.45) is 1.80. The number of halogens is 1. The van der Waals surface area contributed by atoms with E-state index in [2.05, 4.69) is 39.8 Å². The minimum absolute atomic E-state index is 0.0177. The first-order chi connectivity index (χ1) is 20.2. The highest BCUT2D eigenvalue weighted by Gasteiger charge is 2.50. The average molecular weight is 615 g/mol. The first kappa shape index (κ1) is 30.9. The highest BCUT2D eigenvalue weighted by atomic mass is 35.5. The molecule has 2 fully saturated rings. The van der Waals surface area contributed by atoms with Crippen molar-refractivity contribution in [1.82, 2.24) is 19.8 Å². The van der Waals surface area contributed by atoms with Gasteiger partial charge in [0.25, 0.3) is 0 Å². The van der Waals surface area contributed by atoms with E-state index in [-0.39, 0.29) is 30.2 Å². The fourth-order valence-corrected chi connectivity index (χ4v) is 7.73. The number of piperidine rings is 1. The number of rotatable bonds is 11. The molecule has 2 saturated heterocycles. The topological polar surface area (TPSA) is 100 Å². The summed E-state index contributed by atoms with van der Waals surface area (Å²) in [4.78, 5) is 15.2. The van der Waals surface area contributed by atoms with E-state index in [9.17, 15) is 13.2 Å². The SMILES string of the molecule is CCOC(=O)CN(CC1(COC)NCC2(CCN(Cc3ccccc3)CC2)N1)S(=O)(=O)c1ccc2cc(Cl)ccc2c1. The molecule has 1 atom stereocenters. The van der Waals surface area contributed by atoms with Gasteiger partial charge in [0.15, 0.2) is 0 Å². The van der Waals surface area contributed by atoms with E-state index in [1.807, 2.05) is 6.07 Å². The van der Waals surface area contributed by atoms with Crippen LogP contribution >= 0.6 is 11.6 Å². The second kappa shape index (κ2) is 13.0. The molecule has 3 aromatic rings. The molecular weight excluding hydrogens is 576 g/mol. The predicted molar refractivity (Wildman–Crippen MR) is 164 cm³/mol. The molecule has 0 aliphatic carbocycles. The van der Waals surface area contributed by atoms with Gasteiger partial charge in [-0.05, 0) is 60.4 Å². The molecule has 2 aliphatic rings. The molecule has 0 aromatic heterocycles. The first-order valence-corrected chi connectivity index (χ1v) is 16.1. The summed E-state index contributed by atoms with van der Waals surface area (Å²) in [5, 5.41) is 9.46. The molecule has 0 bridgehead atoms. The zero-order valence-corrected chi connectivity index (χ0v) is 25.7. The van der Waals surface area contributed by atoms with Crippen LogP contribution in [0.1, 0.15) is 25.3 Å². The maximum Gasteiger partial charge on any atom is 0.321 e. The third-order valence-electron chi connectivity index (χ3n) is 8.19. The van der Waals surface area contributed by atoms with Crippen molar-refractivity contribution in [2.24, 2.45) is 0 Å². The fraction of sp³-hybridized carbons (Fsp3) is 0.452. The lowest BCUT2D eigenvalue weighted by Crippen LogP contribution is -2.64. The van der Waals surface area contributed by atoms with Crippen molar-refractivity contribution >= 4 is 38.4 Å². The summed E-state index contributed by atoms with van der Waals surface area (Å²) in [6, 6.07) is 20.6. The molecule has 5 rings (SSSR count). The normalized spacial score (nSPS) is 20.9. The quantitative estimate of drug-likeness (QED) is 0.316. The van der Waals surface area contributed by atoms with E-state index < -0.39 is 28.2 Å². The molecule has 0 saturated carbocycles. The van der Waals surface area contributed by atoms with E-state index in [0.29, 0.717) is 11.6 Å². The van der Waals surface area contributed by atoms with Gasteiger partial charge in [0.1, 0.15) is 12.2 Å². The molecule has 2 N–H and O–H groups in total. The van der Waals surface area contributed by atoms with E-state index >= 15 is 0 Å². The van der Waals surface area contributed by atoms with E-state index in [1.165, 1.54) is 9.87 Å². The van der Waals surface area contributed by atoms with E-state index in [4.69, 9.17) is 21.1 Å². The molecular formula is C31H39ClN4O5S. The Bertz CT molecular complexity index is 1500. The summed E-state index contributed by atoms with van der Waals surface area (Å²) in [6.45, 7) is 5.04. The molecule has 9 nitrogen and oxygen atoms in total. The van der Waals surface area contributed by atoms with Crippen LogP contribution in [0, 0.1) is 0 Å². The van der Waals surface area contributed by atoms with Gasteiger partial charge in [-0.15, -0.1) is 0 Å². The Morgan fingerprint density at radius 2 is 1.76 bits per heavy atom. The van der Waals surface area contributed by atoms with Crippen LogP contribution in [0.15, 0.2) is 71.6 Å². The number of likely N-dealkylation sites (tertiary alicyclic amines) is 1.